The van der Waals surface area contributed by atoms with Crippen LogP contribution in [0, 0.1) is 25.2 Å². The van der Waals surface area contributed by atoms with Gasteiger partial charge in [-0.1, -0.05) is 30.3 Å². The molecule has 0 fully saturated rings. The smallest absolute Gasteiger partial charge is 0.262 e. The number of carbonyl (C=O) groups is 1. The van der Waals surface area contributed by atoms with Crippen LogP contribution in [-0.4, -0.2) is 10.5 Å². The Labute approximate surface area is 143 Å². The zero-order chi connectivity index (χ0) is 17.7. The number of aromatic nitrogens is 1. The van der Waals surface area contributed by atoms with Crippen molar-refractivity contribution in [3.05, 3.63) is 64.5 Å². The van der Waals surface area contributed by atoms with Crippen LogP contribution >= 0.6 is 0 Å². The Hall–Kier alpha value is -2.80. The van der Waals surface area contributed by atoms with Crippen molar-refractivity contribution in [2.75, 3.05) is 0 Å². The maximum atomic E-state index is 12.4. The summed E-state index contributed by atoms with van der Waals surface area (Å²) in [6.45, 7) is 8.88. The van der Waals surface area contributed by atoms with Crippen LogP contribution < -0.4 is 5.32 Å². The van der Waals surface area contributed by atoms with Gasteiger partial charge in [-0.15, -0.1) is 0 Å². The third-order valence-electron chi connectivity index (χ3n) is 4.24. The normalized spacial score (nSPS) is 12.5. The predicted octanol–water partition coefficient (Wildman–Crippen LogP) is 3.91. The van der Waals surface area contributed by atoms with Gasteiger partial charge in [-0.25, -0.2) is 0 Å². The van der Waals surface area contributed by atoms with Crippen molar-refractivity contribution in [1.29, 1.82) is 5.26 Å². The van der Waals surface area contributed by atoms with Crippen molar-refractivity contribution in [2.45, 2.75) is 40.3 Å². The Morgan fingerprint density at radius 1 is 1.33 bits per heavy atom. The lowest BCUT2D eigenvalue weighted by Gasteiger charge is -2.13. The third kappa shape index (κ3) is 3.75. The standard InChI is InChI=1S/C20H23N3O/c1-5-23-14(2)11-18(16(23)4)12-19(13-21)20(24)22-15(3)17-9-7-6-8-10-17/h6-12,15H,5H2,1-4H3,(H,22,24)/b19-12-/t15-/m1/s1. The van der Waals surface area contributed by atoms with Crippen molar-refractivity contribution in [3.8, 4) is 6.07 Å². The average molecular weight is 321 g/mol. The molecular formula is C20H23N3O. The minimum atomic E-state index is -0.352. The van der Waals surface area contributed by atoms with Crippen molar-refractivity contribution in [3.63, 3.8) is 0 Å². The molecule has 0 saturated heterocycles. The fourth-order valence-corrected chi connectivity index (χ4v) is 2.86. The van der Waals surface area contributed by atoms with Gasteiger partial charge in [0.25, 0.3) is 5.91 Å². The van der Waals surface area contributed by atoms with Gasteiger partial charge in [0.05, 0.1) is 6.04 Å². The second-order valence-electron chi connectivity index (χ2n) is 5.85. The highest BCUT2D eigenvalue weighted by Crippen LogP contribution is 2.19. The van der Waals surface area contributed by atoms with E-state index in [1.807, 2.05) is 63.2 Å². The molecule has 0 spiro atoms. The molecule has 0 unspecified atom stereocenters. The first-order chi connectivity index (χ1) is 11.5. The highest BCUT2D eigenvalue weighted by Gasteiger charge is 2.15. The van der Waals surface area contributed by atoms with E-state index in [2.05, 4.69) is 16.8 Å². The Kier molecular flexibility index (Phi) is 5.59. The van der Waals surface area contributed by atoms with Crippen LogP contribution in [0.25, 0.3) is 6.08 Å². The van der Waals surface area contributed by atoms with Gasteiger partial charge in [0.2, 0.25) is 0 Å². The zero-order valence-electron chi connectivity index (χ0n) is 14.6. The number of rotatable bonds is 5. The summed E-state index contributed by atoms with van der Waals surface area (Å²) in [6.07, 6.45) is 1.67. The van der Waals surface area contributed by atoms with E-state index in [4.69, 9.17) is 0 Å². The number of carbonyl (C=O) groups excluding carboxylic acids is 1. The van der Waals surface area contributed by atoms with Crippen molar-refractivity contribution < 1.29 is 4.79 Å². The molecular weight excluding hydrogens is 298 g/mol. The predicted molar refractivity (Wildman–Crippen MR) is 96.2 cm³/mol. The molecule has 124 valence electrons. The molecule has 0 radical (unpaired) electrons. The van der Waals surface area contributed by atoms with Gasteiger partial charge in [0.15, 0.2) is 0 Å². The van der Waals surface area contributed by atoms with E-state index in [-0.39, 0.29) is 17.5 Å². The van der Waals surface area contributed by atoms with Crippen LogP contribution in [0.1, 0.15) is 42.4 Å². The Morgan fingerprint density at radius 3 is 2.54 bits per heavy atom. The average Bonchev–Trinajstić information content (AvgIpc) is 2.86. The van der Waals surface area contributed by atoms with Crippen LogP contribution in [0.3, 0.4) is 0 Å². The number of amides is 1. The number of benzene rings is 1. The SMILES string of the molecule is CCn1c(C)cc(/C=C(/C#N)C(=O)N[C@H](C)c2ccccc2)c1C. The fraction of sp³-hybridized carbons (Fsp3) is 0.300. The topological polar surface area (TPSA) is 57.8 Å². The van der Waals surface area contributed by atoms with Gasteiger partial charge >= 0.3 is 0 Å². The Bertz CT molecular complexity index is 794. The van der Waals surface area contributed by atoms with Crippen molar-refractivity contribution in [2.24, 2.45) is 0 Å². The molecule has 1 aromatic heterocycles. The van der Waals surface area contributed by atoms with E-state index in [0.717, 1.165) is 29.1 Å². The van der Waals surface area contributed by atoms with Gasteiger partial charge < -0.3 is 9.88 Å². The molecule has 1 N–H and O–H groups in total. The first kappa shape index (κ1) is 17.6. The summed E-state index contributed by atoms with van der Waals surface area (Å²) in [5.41, 5.74) is 4.22. The summed E-state index contributed by atoms with van der Waals surface area (Å²) in [5.74, 6) is -0.352. The number of nitriles is 1. The quantitative estimate of drug-likeness (QED) is 0.670. The minimum absolute atomic E-state index is 0.120. The first-order valence-electron chi connectivity index (χ1n) is 8.12. The van der Waals surface area contributed by atoms with Gasteiger partial charge in [0.1, 0.15) is 11.6 Å². The minimum Gasteiger partial charge on any atom is -0.349 e. The van der Waals surface area contributed by atoms with E-state index >= 15 is 0 Å². The van der Waals surface area contributed by atoms with Gasteiger partial charge in [-0.05, 0) is 51.0 Å². The van der Waals surface area contributed by atoms with Crippen molar-refractivity contribution in [1.82, 2.24) is 9.88 Å². The van der Waals surface area contributed by atoms with Crippen LogP contribution in [0.4, 0.5) is 0 Å². The summed E-state index contributed by atoms with van der Waals surface area (Å²) in [6, 6.07) is 13.6. The molecule has 0 aliphatic heterocycles. The third-order valence-corrected chi connectivity index (χ3v) is 4.24. The van der Waals surface area contributed by atoms with Crippen LogP contribution in [0.2, 0.25) is 0 Å². The van der Waals surface area contributed by atoms with E-state index < -0.39 is 0 Å². The summed E-state index contributed by atoms with van der Waals surface area (Å²) in [7, 11) is 0. The molecule has 4 nitrogen and oxygen atoms in total. The second-order valence-corrected chi connectivity index (χ2v) is 5.85. The maximum absolute atomic E-state index is 12.4. The molecule has 2 aromatic rings. The number of hydrogen-bond donors (Lipinski definition) is 1. The van der Waals surface area contributed by atoms with Gasteiger partial charge in [0, 0.05) is 17.9 Å². The van der Waals surface area contributed by atoms with Crippen LogP contribution in [0.15, 0.2) is 42.0 Å². The van der Waals surface area contributed by atoms with Crippen LogP contribution in [0.5, 0.6) is 0 Å². The maximum Gasteiger partial charge on any atom is 0.262 e. The molecule has 0 aliphatic carbocycles. The van der Waals surface area contributed by atoms with Gasteiger partial charge in [-0.2, -0.15) is 5.26 Å². The second kappa shape index (κ2) is 7.65. The largest absolute Gasteiger partial charge is 0.349 e. The van der Waals surface area contributed by atoms with Gasteiger partial charge in [-0.3, -0.25) is 4.79 Å². The Morgan fingerprint density at radius 2 is 2.00 bits per heavy atom. The van der Waals surface area contributed by atoms with E-state index in [1.165, 1.54) is 0 Å². The first-order valence-corrected chi connectivity index (χ1v) is 8.12. The fourth-order valence-electron chi connectivity index (χ4n) is 2.86. The molecule has 1 atom stereocenters. The number of aryl methyl sites for hydroxylation is 1. The summed E-state index contributed by atoms with van der Waals surface area (Å²) < 4.78 is 2.16. The molecule has 1 amide bonds. The lowest BCUT2D eigenvalue weighted by Crippen LogP contribution is -2.27. The van der Waals surface area contributed by atoms with E-state index in [1.54, 1.807) is 6.08 Å². The molecule has 0 bridgehead atoms. The highest BCUT2D eigenvalue weighted by atomic mass is 16.1. The zero-order valence-corrected chi connectivity index (χ0v) is 14.6. The molecule has 4 heteroatoms. The highest BCUT2D eigenvalue weighted by molar-refractivity contribution is 6.02. The lowest BCUT2D eigenvalue weighted by molar-refractivity contribution is -0.117. The summed E-state index contributed by atoms with van der Waals surface area (Å²) in [4.78, 5) is 12.4. The monoisotopic (exact) mass is 321 g/mol. The number of hydrogen-bond acceptors (Lipinski definition) is 2. The molecule has 0 aliphatic rings. The molecule has 1 aromatic carbocycles. The van der Waals surface area contributed by atoms with Crippen molar-refractivity contribution >= 4 is 12.0 Å². The Balaban J connectivity index is 2.22. The summed E-state index contributed by atoms with van der Waals surface area (Å²) in [5, 5.41) is 12.3. The molecule has 1 heterocycles. The molecule has 0 saturated carbocycles. The molecule has 24 heavy (non-hydrogen) atoms. The lowest BCUT2D eigenvalue weighted by atomic mass is 10.1. The summed E-state index contributed by atoms with van der Waals surface area (Å²) >= 11 is 0. The molecule has 2 rings (SSSR count). The van der Waals surface area contributed by atoms with Crippen LogP contribution in [-0.2, 0) is 11.3 Å². The number of nitrogens with zero attached hydrogens (tertiary/aromatic N) is 2. The van der Waals surface area contributed by atoms with E-state index in [0.29, 0.717) is 0 Å². The number of nitrogens with one attached hydrogen (secondary N) is 1. The van der Waals surface area contributed by atoms with E-state index in [9.17, 15) is 10.1 Å².